The molecule has 1 aromatic carbocycles. The lowest BCUT2D eigenvalue weighted by molar-refractivity contribution is 0.608. The van der Waals surface area contributed by atoms with Crippen molar-refractivity contribution in [2.24, 2.45) is 17.6 Å². The summed E-state index contributed by atoms with van der Waals surface area (Å²) < 4.78 is 14.6. The Morgan fingerprint density at radius 1 is 1.53 bits per heavy atom. The highest BCUT2D eigenvalue weighted by Crippen LogP contribution is 2.39. The summed E-state index contributed by atoms with van der Waals surface area (Å²) in [6.45, 7) is 3.51. The highest BCUT2D eigenvalue weighted by atomic mass is 79.9. The molecule has 1 fully saturated rings. The van der Waals surface area contributed by atoms with E-state index in [1.807, 2.05) is 24.1 Å². The topological polar surface area (TPSA) is 29.3 Å². The van der Waals surface area contributed by atoms with Gasteiger partial charge >= 0.3 is 0 Å². The second kappa shape index (κ2) is 4.94. The van der Waals surface area contributed by atoms with Crippen molar-refractivity contribution in [2.75, 3.05) is 18.5 Å². The summed E-state index contributed by atoms with van der Waals surface area (Å²) in [5.41, 5.74) is 7.00. The summed E-state index contributed by atoms with van der Waals surface area (Å²) in [7, 11) is 1.94. The molecule has 4 heteroatoms. The maximum absolute atomic E-state index is 14.1. The van der Waals surface area contributed by atoms with Crippen LogP contribution in [0.4, 0.5) is 10.1 Å². The molecule has 0 spiro atoms. The molecule has 2 N–H and O–H groups in total. The monoisotopic (exact) mass is 300 g/mol. The number of hydrogen-bond acceptors (Lipinski definition) is 2. The van der Waals surface area contributed by atoms with Crippen molar-refractivity contribution >= 4 is 21.6 Å². The molecular formula is C13H18BrFN2. The lowest BCUT2D eigenvalue weighted by atomic mass is 10.2. The number of anilines is 1. The second-order valence-corrected chi connectivity index (χ2v) is 5.72. The molecule has 0 radical (unpaired) electrons. The van der Waals surface area contributed by atoms with Gasteiger partial charge < -0.3 is 10.6 Å². The molecule has 17 heavy (non-hydrogen) atoms. The van der Waals surface area contributed by atoms with Crippen LogP contribution in [0, 0.1) is 17.7 Å². The van der Waals surface area contributed by atoms with Crippen LogP contribution in [0.2, 0.25) is 0 Å². The van der Waals surface area contributed by atoms with Gasteiger partial charge in [-0.05, 0) is 45.8 Å². The van der Waals surface area contributed by atoms with Crippen molar-refractivity contribution < 1.29 is 4.39 Å². The fourth-order valence-corrected chi connectivity index (χ4v) is 2.63. The molecule has 2 unspecified atom stereocenters. The van der Waals surface area contributed by atoms with E-state index in [-0.39, 0.29) is 5.82 Å². The lowest BCUT2D eigenvalue weighted by Crippen LogP contribution is -2.22. The summed E-state index contributed by atoms with van der Waals surface area (Å²) in [4.78, 5) is 1.99. The van der Waals surface area contributed by atoms with Crippen molar-refractivity contribution in [3.05, 3.63) is 28.0 Å². The molecule has 1 aromatic rings. The van der Waals surface area contributed by atoms with Crippen LogP contribution >= 0.6 is 15.9 Å². The average molecular weight is 301 g/mol. The van der Waals surface area contributed by atoms with Crippen molar-refractivity contribution in [1.29, 1.82) is 0 Å². The lowest BCUT2D eigenvalue weighted by Gasteiger charge is -2.21. The van der Waals surface area contributed by atoms with Gasteiger partial charge in [-0.3, -0.25) is 0 Å². The number of benzene rings is 1. The van der Waals surface area contributed by atoms with E-state index in [0.717, 1.165) is 18.0 Å². The van der Waals surface area contributed by atoms with Crippen LogP contribution in [-0.2, 0) is 6.54 Å². The Hall–Kier alpha value is -0.610. The molecular weight excluding hydrogens is 283 g/mol. The molecule has 0 aromatic heterocycles. The third kappa shape index (κ3) is 2.63. The quantitative estimate of drug-likeness (QED) is 0.925. The summed E-state index contributed by atoms with van der Waals surface area (Å²) in [6, 6.07) is 3.70. The first-order valence-electron chi connectivity index (χ1n) is 5.92. The van der Waals surface area contributed by atoms with Gasteiger partial charge in [-0.2, -0.15) is 0 Å². The first kappa shape index (κ1) is 12.8. The third-order valence-corrected chi connectivity index (χ3v) is 4.41. The van der Waals surface area contributed by atoms with Gasteiger partial charge in [0, 0.05) is 20.1 Å². The Kier molecular flexibility index (Phi) is 3.73. The van der Waals surface area contributed by atoms with Crippen LogP contribution in [0.5, 0.6) is 0 Å². The zero-order valence-corrected chi connectivity index (χ0v) is 11.8. The Bertz CT molecular complexity index is 422. The maximum Gasteiger partial charge on any atom is 0.160 e. The largest absolute Gasteiger partial charge is 0.372 e. The van der Waals surface area contributed by atoms with Gasteiger partial charge in [-0.1, -0.05) is 13.0 Å². The number of hydrogen-bond donors (Lipinski definition) is 1. The summed E-state index contributed by atoms with van der Waals surface area (Å²) in [6.07, 6.45) is 1.26. The van der Waals surface area contributed by atoms with E-state index in [9.17, 15) is 4.39 Å². The molecule has 2 rings (SSSR count). The number of nitrogens with two attached hydrogens (primary N) is 1. The third-order valence-electron chi connectivity index (χ3n) is 3.56. The second-order valence-electron chi connectivity index (χ2n) is 4.93. The molecule has 0 saturated heterocycles. The smallest absolute Gasteiger partial charge is 0.160 e. The Morgan fingerprint density at radius 2 is 2.18 bits per heavy atom. The van der Waals surface area contributed by atoms with Gasteiger partial charge in [0.05, 0.1) is 10.2 Å². The summed E-state index contributed by atoms with van der Waals surface area (Å²) in [5, 5.41) is 0. The minimum atomic E-state index is -0.205. The van der Waals surface area contributed by atoms with Crippen molar-refractivity contribution in [2.45, 2.75) is 19.9 Å². The Labute approximate surface area is 110 Å². The summed E-state index contributed by atoms with van der Waals surface area (Å²) in [5.74, 6) is 1.29. The fourth-order valence-electron chi connectivity index (χ4n) is 2.14. The Morgan fingerprint density at radius 3 is 2.71 bits per heavy atom. The predicted molar refractivity (Wildman–Crippen MR) is 72.5 cm³/mol. The zero-order valence-electron chi connectivity index (χ0n) is 10.2. The maximum atomic E-state index is 14.1. The van der Waals surface area contributed by atoms with E-state index in [1.54, 1.807) is 0 Å². The van der Waals surface area contributed by atoms with Gasteiger partial charge in [-0.25, -0.2) is 4.39 Å². The van der Waals surface area contributed by atoms with Crippen LogP contribution in [0.15, 0.2) is 16.6 Å². The standard InChI is InChI=1S/C13H18BrFN2/c1-8-5-10(8)7-17(2)11-4-3-9(6-16)12(14)13(11)15/h3-4,8,10H,5-7,16H2,1-2H3. The van der Waals surface area contributed by atoms with E-state index in [4.69, 9.17) is 5.73 Å². The normalized spacial score (nSPS) is 22.6. The fraction of sp³-hybridized carbons (Fsp3) is 0.538. The van der Waals surface area contributed by atoms with E-state index in [0.29, 0.717) is 22.6 Å². The van der Waals surface area contributed by atoms with Crippen LogP contribution in [-0.4, -0.2) is 13.6 Å². The number of halogens is 2. The van der Waals surface area contributed by atoms with E-state index >= 15 is 0 Å². The van der Waals surface area contributed by atoms with Crippen LogP contribution in [0.3, 0.4) is 0 Å². The van der Waals surface area contributed by atoms with Crippen LogP contribution in [0.1, 0.15) is 18.9 Å². The molecule has 94 valence electrons. The molecule has 1 aliphatic carbocycles. The van der Waals surface area contributed by atoms with Crippen LogP contribution < -0.4 is 10.6 Å². The first-order valence-corrected chi connectivity index (χ1v) is 6.72. The molecule has 0 bridgehead atoms. The number of nitrogens with zero attached hydrogens (tertiary/aromatic N) is 1. The number of rotatable bonds is 4. The average Bonchev–Trinajstić information content (AvgIpc) is 2.98. The molecule has 0 aliphatic heterocycles. The molecule has 2 atom stereocenters. The first-order chi connectivity index (χ1) is 8.04. The minimum absolute atomic E-state index is 0.205. The SMILES string of the molecule is CC1CC1CN(C)c1ccc(CN)c(Br)c1F. The predicted octanol–water partition coefficient (Wildman–Crippen LogP) is 3.14. The molecule has 0 amide bonds. The molecule has 1 saturated carbocycles. The zero-order chi connectivity index (χ0) is 12.6. The van der Waals surface area contributed by atoms with Gasteiger partial charge in [0.25, 0.3) is 0 Å². The van der Waals surface area contributed by atoms with Gasteiger partial charge in [0.15, 0.2) is 5.82 Å². The van der Waals surface area contributed by atoms with E-state index in [1.165, 1.54) is 6.42 Å². The highest BCUT2D eigenvalue weighted by molar-refractivity contribution is 9.10. The minimum Gasteiger partial charge on any atom is -0.372 e. The highest BCUT2D eigenvalue weighted by Gasteiger charge is 2.33. The molecule has 2 nitrogen and oxygen atoms in total. The van der Waals surface area contributed by atoms with Gasteiger partial charge in [0.2, 0.25) is 0 Å². The van der Waals surface area contributed by atoms with Crippen molar-refractivity contribution in [3.63, 3.8) is 0 Å². The van der Waals surface area contributed by atoms with Crippen molar-refractivity contribution in [3.8, 4) is 0 Å². The van der Waals surface area contributed by atoms with Gasteiger partial charge in [0.1, 0.15) is 0 Å². The van der Waals surface area contributed by atoms with Crippen LogP contribution in [0.25, 0.3) is 0 Å². The summed E-state index contributed by atoms with van der Waals surface area (Å²) >= 11 is 3.27. The Balaban J connectivity index is 2.17. The molecule has 0 heterocycles. The van der Waals surface area contributed by atoms with E-state index in [2.05, 4.69) is 22.9 Å². The molecule has 1 aliphatic rings. The van der Waals surface area contributed by atoms with Gasteiger partial charge in [-0.15, -0.1) is 0 Å². The van der Waals surface area contributed by atoms with E-state index < -0.39 is 0 Å². The van der Waals surface area contributed by atoms with Crippen molar-refractivity contribution in [1.82, 2.24) is 0 Å².